The molecule has 7 heteroatoms. The number of hydrogen-bond acceptors (Lipinski definition) is 5. The molecule has 6 nitrogen and oxygen atoms in total. The zero-order valence-corrected chi connectivity index (χ0v) is 14.9. The third-order valence-corrected chi connectivity index (χ3v) is 5.03. The van der Waals surface area contributed by atoms with Crippen LogP contribution >= 0.6 is 11.6 Å². The van der Waals surface area contributed by atoms with Gasteiger partial charge in [0.05, 0.1) is 11.4 Å². The van der Waals surface area contributed by atoms with Gasteiger partial charge in [-0.1, -0.05) is 16.8 Å². The van der Waals surface area contributed by atoms with Crippen molar-refractivity contribution in [1.29, 1.82) is 0 Å². The van der Waals surface area contributed by atoms with Gasteiger partial charge in [-0.2, -0.15) is 0 Å². The Morgan fingerprint density at radius 2 is 2.00 bits per heavy atom. The van der Waals surface area contributed by atoms with E-state index in [1.165, 1.54) is 0 Å². The molecule has 1 aromatic carbocycles. The zero-order valence-electron chi connectivity index (χ0n) is 14.2. The molecule has 1 N–H and O–H groups in total. The molecule has 1 aliphatic heterocycles. The maximum absolute atomic E-state index is 12.6. The summed E-state index contributed by atoms with van der Waals surface area (Å²) in [6.07, 6.45) is 2.22. The molecule has 0 spiro atoms. The van der Waals surface area contributed by atoms with E-state index in [2.05, 4.69) is 27.3 Å². The fraction of sp³-hybridized carbons (Fsp3) is 0.444. The Labute approximate surface area is 151 Å². The zero-order chi connectivity index (χ0) is 17.4. The first-order valence-electron chi connectivity index (χ1n) is 8.61. The molecule has 0 atom stereocenters. The molecule has 1 saturated carbocycles. The van der Waals surface area contributed by atoms with Gasteiger partial charge in [0.25, 0.3) is 5.91 Å². The van der Waals surface area contributed by atoms with Crippen molar-refractivity contribution in [2.75, 3.05) is 43.4 Å². The normalized spacial score (nSPS) is 18.4. The summed E-state index contributed by atoms with van der Waals surface area (Å²) in [5.74, 6) is 0.963. The van der Waals surface area contributed by atoms with E-state index in [1.54, 1.807) is 12.1 Å². The average Bonchev–Trinajstić information content (AvgIpc) is 3.33. The lowest BCUT2D eigenvalue weighted by Crippen LogP contribution is -2.44. The molecule has 0 bridgehead atoms. The summed E-state index contributed by atoms with van der Waals surface area (Å²) in [5, 5.41) is 7.45. The van der Waals surface area contributed by atoms with Crippen LogP contribution < -0.4 is 10.2 Å². The predicted octanol–water partition coefficient (Wildman–Crippen LogP) is 3.21. The lowest BCUT2D eigenvalue weighted by atomic mass is 10.2. The van der Waals surface area contributed by atoms with Crippen molar-refractivity contribution in [3.05, 3.63) is 40.7 Å². The standard InChI is InChI=1S/C18H21ClN4O2/c1-22-6-8-23(9-7-22)16-5-4-13(19)10-14(16)20-18(24)15-11-17(25-21-15)12-2-3-12/h4-5,10-12H,2-3,6-9H2,1H3,(H,20,24). The number of anilines is 2. The van der Waals surface area contributed by atoms with Gasteiger partial charge < -0.3 is 19.6 Å². The van der Waals surface area contributed by atoms with Crippen LogP contribution in [0.4, 0.5) is 11.4 Å². The number of amides is 1. The van der Waals surface area contributed by atoms with E-state index in [-0.39, 0.29) is 5.91 Å². The van der Waals surface area contributed by atoms with E-state index in [4.69, 9.17) is 16.1 Å². The Morgan fingerprint density at radius 1 is 1.24 bits per heavy atom. The van der Waals surface area contributed by atoms with Gasteiger partial charge in [-0.05, 0) is 38.1 Å². The molecule has 1 amide bonds. The summed E-state index contributed by atoms with van der Waals surface area (Å²) in [5.41, 5.74) is 2.00. The van der Waals surface area contributed by atoms with Gasteiger partial charge in [0.15, 0.2) is 5.69 Å². The number of benzene rings is 1. The molecule has 132 valence electrons. The molecule has 1 aromatic heterocycles. The quantitative estimate of drug-likeness (QED) is 0.907. The fourth-order valence-electron chi connectivity index (χ4n) is 3.07. The molecule has 2 fully saturated rings. The van der Waals surface area contributed by atoms with Crippen molar-refractivity contribution in [2.24, 2.45) is 0 Å². The largest absolute Gasteiger partial charge is 0.367 e. The van der Waals surface area contributed by atoms with Gasteiger partial charge in [0.2, 0.25) is 0 Å². The van der Waals surface area contributed by atoms with E-state index in [0.29, 0.717) is 22.3 Å². The minimum absolute atomic E-state index is 0.270. The number of carbonyl (C=O) groups is 1. The lowest BCUT2D eigenvalue weighted by molar-refractivity contribution is 0.101. The number of rotatable bonds is 4. The molecule has 0 unspecified atom stereocenters. The Balaban J connectivity index is 1.54. The van der Waals surface area contributed by atoms with Crippen molar-refractivity contribution in [3.8, 4) is 0 Å². The highest BCUT2D eigenvalue weighted by Crippen LogP contribution is 2.40. The first-order valence-corrected chi connectivity index (χ1v) is 8.99. The summed E-state index contributed by atoms with van der Waals surface area (Å²) in [6.45, 7) is 3.81. The molecular formula is C18H21ClN4O2. The van der Waals surface area contributed by atoms with Crippen LogP contribution in [0.25, 0.3) is 0 Å². The number of nitrogens with one attached hydrogen (secondary N) is 1. The second-order valence-corrected chi connectivity index (χ2v) is 7.23. The van der Waals surface area contributed by atoms with Gasteiger partial charge in [0, 0.05) is 43.2 Å². The molecule has 1 saturated heterocycles. The molecule has 1 aliphatic carbocycles. The van der Waals surface area contributed by atoms with Gasteiger partial charge >= 0.3 is 0 Å². The highest BCUT2D eigenvalue weighted by Gasteiger charge is 2.29. The number of halogens is 1. The van der Waals surface area contributed by atoms with E-state index in [9.17, 15) is 4.79 Å². The molecule has 4 rings (SSSR count). The van der Waals surface area contributed by atoms with E-state index >= 15 is 0 Å². The third kappa shape index (κ3) is 3.65. The summed E-state index contributed by atoms with van der Waals surface area (Å²) < 4.78 is 5.28. The van der Waals surface area contributed by atoms with Crippen LogP contribution in [0.5, 0.6) is 0 Å². The molecule has 0 radical (unpaired) electrons. The minimum Gasteiger partial charge on any atom is -0.367 e. The topological polar surface area (TPSA) is 61.6 Å². The maximum atomic E-state index is 12.6. The predicted molar refractivity (Wildman–Crippen MR) is 97.6 cm³/mol. The fourth-order valence-corrected chi connectivity index (χ4v) is 3.25. The van der Waals surface area contributed by atoms with Gasteiger partial charge in [-0.3, -0.25) is 4.79 Å². The molecular weight excluding hydrogens is 340 g/mol. The van der Waals surface area contributed by atoms with E-state index in [1.807, 2.05) is 12.1 Å². The Bertz CT molecular complexity index is 779. The Morgan fingerprint density at radius 3 is 2.72 bits per heavy atom. The second kappa shape index (κ2) is 6.69. The van der Waals surface area contributed by atoms with Crippen LogP contribution in [0.2, 0.25) is 5.02 Å². The second-order valence-electron chi connectivity index (χ2n) is 6.79. The summed E-state index contributed by atoms with van der Waals surface area (Å²) in [6, 6.07) is 7.34. The van der Waals surface area contributed by atoms with Crippen LogP contribution in [-0.4, -0.2) is 49.2 Å². The molecule has 2 aromatic rings. The monoisotopic (exact) mass is 360 g/mol. The number of hydrogen-bond donors (Lipinski definition) is 1. The first-order chi connectivity index (χ1) is 12.1. The van der Waals surface area contributed by atoms with Gasteiger partial charge in [-0.15, -0.1) is 0 Å². The average molecular weight is 361 g/mol. The highest BCUT2D eigenvalue weighted by molar-refractivity contribution is 6.31. The Hall–Kier alpha value is -2.05. The van der Waals surface area contributed by atoms with Crippen LogP contribution in [0.3, 0.4) is 0 Å². The van der Waals surface area contributed by atoms with Crippen LogP contribution in [0, 0.1) is 0 Å². The minimum atomic E-state index is -0.270. The summed E-state index contributed by atoms with van der Waals surface area (Å²) in [7, 11) is 2.11. The molecule has 2 heterocycles. The van der Waals surface area contributed by atoms with E-state index < -0.39 is 0 Å². The van der Waals surface area contributed by atoms with Crippen LogP contribution in [0.15, 0.2) is 28.8 Å². The van der Waals surface area contributed by atoms with Crippen LogP contribution in [0.1, 0.15) is 35.0 Å². The lowest BCUT2D eigenvalue weighted by Gasteiger charge is -2.35. The maximum Gasteiger partial charge on any atom is 0.277 e. The number of piperazine rings is 1. The smallest absolute Gasteiger partial charge is 0.277 e. The van der Waals surface area contributed by atoms with Crippen molar-refractivity contribution < 1.29 is 9.32 Å². The summed E-state index contributed by atoms with van der Waals surface area (Å²) in [4.78, 5) is 17.1. The number of nitrogens with zero attached hydrogens (tertiary/aromatic N) is 3. The highest BCUT2D eigenvalue weighted by atomic mass is 35.5. The van der Waals surface area contributed by atoms with Gasteiger partial charge in [0.1, 0.15) is 5.76 Å². The Kier molecular flexibility index (Phi) is 4.39. The van der Waals surface area contributed by atoms with Crippen molar-refractivity contribution in [2.45, 2.75) is 18.8 Å². The molecule has 25 heavy (non-hydrogen) atoms. The first kappa shape index (κ1) is 16.4. The van der Waals surface area contributed by atoms with Crippen molar-refractivity contribution in [3.63, 3.8) is 0 Å². The van der Waals surface area contributed by atoms with Crippen molar-refractivity contribution in [1.82, 2.24) is 10.1 Å². The van der Waals surface area contributed by atoms with Gasteiger partial charge in [-0.25, -0.2) is 0 Å². The summed E-state index contributed by atoms with van der Waals surface area (Å²) >= 11 is 6.15. The number of likely N-dealkylation sites (N-methyl/N-ethyl adjacent to an activating group) is 1. The van der Waals surface area contributed by atoms with Crippen molar-refractivity contribution >= 4 is 28.9 Å². The van der Waals surface area contributed by atoms with E-state index in [0.717, 1.165) is 50.5 Å². The van der Waals surface area contributed by atoms with Crippen LogP contribution in [-0.2, 0) is 0 Å². The number of aromatic nitrogens is 1. The third-order valence-electron chi connectivity index (χ3n) is 4.79. The SMILES string of the molecule is CN1CCN(c2ccc(Cl)cc2NC(=O)c2cc(C3CC3)on2)CC1. The number of carbonyl (C=O) groups excluding carboxylic acids is 1. The molecule has 2 aliphatic rings.